The molecule has 1 spiro atoms. The fourth-order valence-corrected chi connectivity index (χ4v) is 9.99. The van der Waals surface area contributed by atoms with E-state index in [1.165, 1.54) is 22.6 Å². The molecule has 3 saturated carbocycles. The van der Waals surface area contributed by atoms with Crippen LogP contribution in [0.25, 0.3) is 0 Å². The van der Waals surface area contributed by atoms with Crippen LogP contribution in [0.4, 0.5) is 5.69 Å². The Morgan fingerprint density at radius 1 is 1.03 bits per heavy atom. The molecule has 2 N–H and O–H groups in total. The first kappa shape index (κ1) is 25.3. The highest BCUT2D eigenvalue weighted by atomic mass is 16.4. The van der Waals surface area contributed by atoms with E-state index in [1.807, 2.05) is 6.92 Å². The van der Waals surface area contributed by atoms with E-state index in [4.69, 9.17) is 0 Å². The zero-order valence-electron chi connectivity index (χ0n) is 22.6. The van der Waals surface area contributed by atoms with E-state index >= 15 is 0 Å². The van der Waals surface area contributed by atoms with Crippen LogP contribution >= 0.6 is 0 Å². The summed E-state index contributed by atoms with van der Waals surface area (Å²) in [4.78, 5) is 53.8. The van der Waals surface area contributed by atoms with Crippen molar-refractivity contribution >= 4 is 29.4 Å². The van der Waals surface area contributed by atoms with Crippen LogP contribution in [-0.4, -0.2) is 34.0 Å². The van der Waals surface area contributed by atoms with Gasteiger partial charge in [0, 0.05) is 5.41 Å². The first-order chi connectivity index (χ1) is 17.9. The summed E-state index contributed by atoms with van der Waals surface area (Å²) in [5.74, 6) is -2.89. The van der Waals surface area contributed by atoms with E-state index < -0.39 is 34.6 Å². The molecule has 1 aliphatic heterocycles. The van der Waals surface area contributed by atoms with Crippen molar-refractivity contribution < 1.29 is 29.4 Å². The van der Waals surface area contributed by atoms with Crippen molar-refractivity contribution in [2.24, 2.45) is 51.8 Å². The molecule has 7 rings (SSSR count). The van der Waals surface area contributed by atoms with E-state index in [0.717, 1.165) is 25.7 Å². The number of carbonyl (C=O) groups excluding carboxylic acids is 2. The molecule has 4 fully saturated rings. The van der Waals surface area contributed by atoms with E-state index in [1.54, 1.807) is 12.1 Å². The Morgan fingerprint density at radius 2 is 1.76 bits per heavy atom. The van der Waals surface area contributed by atoms with E-state index in [2.05, 4.69) is 26.8 Å². The zero-order chi connectivity index (χ0) is 27.4. The topological polar surface area (TPSA) is 112 Å². The quantitative estimate of drug-likeness (QED) is 0.407. The molecule has 6 aliphatic rings. The number of amides is 2. The summed E-state index contributed by atoms with van der Waals surface area (Å²) in [6, 6.07) is 6.10. The van der Waals surface area contributed by atoms with Gasteiger partial charge < -0.3 is 10.2 Å². The number of aliphatic carboxylic acids is 1. The number of aromatic carboxylic acids is 1. The molecule has 1 saturated heterocycles. The van der Waals surface area contributed by atoms with Crippen molar-refractivity contribution in [2.45, 2.75) is 66.2 Å². The first-order valence-corrected chi connectivity index (χ1v) is 14.0. The van der Waals surface area contributed by atoms with Crippen molar-refractivity contribution in [3.63, 3.8) is 0 Å². The number of rotatable bonds is 4. The summed E-state index contributed by atoms with van der Waals surface area (Å²) >= 11 is 0. The second-order valence-electron chi connectivity index (χ2n) is 13.4. The van der Waals surface area contributed by atoms with Crippen molar-refractivity contribution in [2.75, 3.05) is 4.90 Å². The molecule has 2 bridgehead atoms. The number of carbonyl (C=O) groups is 4. The van der Waals surface area contributed by atoms with Gasteiger partial charge in [0.1, 0.15) is 0 Å². The van der Waals surface area contributed by atoms with Gasteiger partial charge in [0.05, 0.1) is 28.5 Å². The average Bonchev–Trinajstić information content (AvgIpc) is 3.15. The van der Waals surface area contributed by atoms with E-state index in [9.17, 15) is 29.4 Å². The van der Waals surface area contributed by atoms with Crippen LogP contribution in [0.3, 0.4) is 0 Å². The molecule has 7 heteroatoms. The van der Waals surface area contributed by atoms with Gasteiger partial charge in [0.15, 0.2) is 0 Å². The summed E-state index contributed by atoms with van der Waals surface area (Å²) in [5, 5.41) is 19.8. The van der Waals surface area contributed by atoms with Crippen LogP contribution in [0, 0.1) is 51.8 Å². The summed E-state index contributed by atoms with van der Waals surface area (Å²) < 4.78 is 0. The second kappa shape index (κ2) is 8.03. The van der Waals surface area contributed by atoms with Gasteiger partial charge in [-0.1, -0.05) is 44.9 Å². The maximum absolute atomic E-state index is 14.3. The molecule has 1 heterocycles. The van der Waals surface area contributed by atoms with Gasteiger partial charge >= 0.3 is 11.9 Å². The first-order valence-electron chi connectivity index (χ1n) is 14.0. The van der Waals surface area contributed by atoms with Crippen LogP contribution < -0.4 is 4.90 Å². The minimum absolute atomic E-state index is 0.0288. The van der Waals surface area contributed by atoms with Gasteiger partial charge in [0.25, 0.3) is 0 Å². The Bertz CT molecular complexity index is 1300. The van der Waals surface area contributed by atoms with Gasteiger partial charge in [-0.2, -0.15) is 0 Å². The van der Waals surface area contributed by atoms with E-state index in [-0.39, 0.29) is 46.5 Å². The normalized spacial score (nSPS) is 41.4. The third-order valence-corrected chi connectivity index (χ3v) is 11.5. The number of allylic oxidation sites excluding steroid dienone is 2. The van der Waals surface area contributed by atoms with Crippen molar-refractivity contribution in [1.29, 1.82) is 0 Å². The second-order valence-corrected chi connectivity index (χ2v) is 13.4. The summed E-state index contributed by atoms with van der Waals surface area (Å²) in [5.41, 5.74) is 0.112. The third-order valence-electron chi connectivity index (χ3n) is 11.5. The van der Waals surface area contributed by atoms with E-state index in [0.29, 0.717) is 18.5 Å². The highest BCUT2D eigenvalue weighted by Gasteiger charge is 2.73. The monoisotopic (exact) mass is 519 g/mol. The summed E-state index contributed by atoms with van der Waals surface area (Å²) in [6.45, 7) is 8.48. The number of anilines is 1. The minimum Gasteiger partial charge on any atom is -0.481 e. The number of imide groups is 1. The molecule has 1 aromatic carbocycles. The van der Waals surface area contributed by atoms with Gasteiger partial charge in [-0.3, -0.25) is 14.4 Å². The van der Waals surface area contributed by atoms with Crippen LogP contribution in [0.5, 0.6) is 0 Å². The largest absolute Gasteiger partial charge is 0.481 e. The molecular weight excluding hydrogens is 482 g/mol. The fraction of sp³-hybridized carbons (Fsp3) is 0.613. The molecule has 1 aromatic rings. The summed E-state index contributed by atoms with van der Waals surface area (Å²) in [7, 11) is 0. The number of nitrogens with zero attached hydrogens (tertiary/aromatic N) is 1. The summed E-state index contributed by atoms with van der Waals surface area (Å²) in [6.07, 6.45) is 7.05. The molecule has 8 atom stereocenters. The highest BCUT2D eigenvalue weighted by Crippen LogP contribution is 2.74. The van der Waals surface area contributed by atoms with Crippen LogP contribution in [0.15, 0.2) is 35.9 Å². The van der Waals surface area contributed by atoms with Gasteiger partial charge in [-0.05, 0) is 86.3 Å². The fourth-order valence-electron chi connectivity index (χ4n) is 9.99. The maximum Gasteiger partial charge on any atom is 0.335 e. The lowest BCUT2D eigenvalue weighted by Gasteiger charge is -2.68. The maximum atomic E-state index is 14.3. The average molecular weight is 520 g/mol. The number of hydrogen-bond donors (Lipinski definition) is 2. The van der Waals surface area contributed by atoms with Gasteiger partial charge in [-0.25, -0.2) is 9.69 Å². The number of hydrogen-bond acceptors (Lipinski definition) is 4. The lowest BCUT2D eigenvalue weighted by atomic mass is 9.34. The Balaban J connectivity index is 1.48. The lowest BCUT2D eigenvalue weighted by Crippen LogP contribution is -2.65. The SMILES string of the molecule is CC(C)C1=CC23CCC4C(C)(C(=O)O)CCCC4(C)C2CC1C1C(=O)N(c2cccc(C(=O)O)c2)C(=O)C13. The van der Waals surface area contributed by atoms with Gasteiger partial charge in [-0.15, -0.1) is 0 Å². The Labute approximate surface area is 223 Å². The molecule has 38 heavy (non-hydrogen) atoms. The molecule has 0 aromatic heterocycles. The number of fused-ring (bicyclic) bond motifs is 1. The Kier molecular flexibility index (Phi) is 5.35. The zero-order valence-corrected chi connectivity index (χ0v) is 22.6. The third kappa shape index (κ3) is 3.02. The number of carboxylic acids is 2. The molecule has 202 valence electrons. The molecule has 7 nitrogen and oxygen atoms in total. The Morgan fingerprint density at radius 3 is 2.42 bits per heavy atom. The molecular formula is C31H37NO6. The van der Waals surface area contributed by atoms with Crippen molar-refractivity contribution in [3.05, 3.63) is 41.5 Å². The number of carboxylic acid groups (broad SMARTS) is 2. The van der Waals surface area contributed by atoms with Crippen LogP contribution in [0.2, 0.25) is 0 Å². The van der Waals surface area contributed by atoms with Crippen molar-refractivity contribution in [1.82, 2.24) is 0 Å². The lowest BCUT2D eigenvalue weighted by molar-refractivity contribution is -0.194. The van der Waals surface area contributed by atoms with Crippen LogP contribution in [0.1, 0.15) is 76.6 Å². The van der Waals surface area contributed by atoms with Gasteiger partial charge in [0.2, 0.25) is 11.8 Å². The minimum atomic E-state index is -1.10. The Hall–Kier alpha value is -2.96. The standard InChI is InChI=1S/C31H37NO6/c1-16(2)20-15-31-12-9-21-29(3,10-6-11-30(21,4)28(37)38)22(31)14-19(20)23-24(31)26(34)32(25(23)33)18-8-5-7-17(13-18)27(35)36/h5,7-8,13,15-16,19,21-24H,6,9-12,14H2,1-4H3,(H,35,36)(H,37,38). The van der Waals surface area contributed by atoms with Crippen LogP contribution in [-0.2, 0) is 14.4 Å². The molecule has 8 unspecified atom stereocenters. The molecule has 5 aliphatic carbocycles. The molecule has 0 radical (unpaired) electrons. The predicted molar refractivity (Wildman–Crippen MR) is 140 cm³/mol. The smallest absolute Gasteiger partial charge is 0.335 e. The molecule has 2 amide bonds. The predicted octanol–water partition coefficient (Wildman–Crippen LogP) is 5.40. The highest BCUT2D eigenvalue weighted by molar-refractivity contribution is 6.23. The van der Waals surface area contributed by atoms with Crippen molar-refractivity contribution in [3.8, 4) is 0 Å². The number of benzene rings is 1.